The van der Waals surface area contributed by atoms with Crippen molar-refractivity contribution in [2.24, 2.45) is 0 Å². The van der Waals surface area contributed by atoms with E-state index in [1.165, 1.54) is 5.56 Å². The van der Waals surface area contributed by atoms with Gasteiger partial charge in [-0.25, -0.2) is 4.98 Å². The average Bonchev–Trinajstić information content (AvgIpc) is 2.81. The molecule has 1 aromatic heterocycles. The van der Waals surface area contributed by atoms with Gasteiger partial charge in [-0.05, 0) is 17.7 Å². The number of morpholine rings is 1. The van der Waals surface area contributed by atoms with Gasteiger partial charge in [0.05, 0.1) is 30.3 Å². The second-order valence-corrected chi connectivity index (χ2v) is 4.40. The smallest absolute Gasteiger partial charge is 0.106 e. The SMILES string of the molecule is CCc1nc2ccc(C3COCCN3)cc2[nH]1. The number of aromatic nitrogens is 2. The number of fused-ring (bicyclic) bond motifs is 1. The van der Waals surface area contributed by atoms with E-state index in [0.29, 0.717) is 6.04 Å². The molecular formula is C13H17N3O. The van der Waals surface area contributed by atoms with E-state index in [-0.39, 0.29) is 0 Å². The molecule has 90 valence electrons. The van der Waals surface area contributed by atoms with Gasteiger partial charge in [0, 0.05) is 13.0 Å². The molecule has 0 saturated carbocycles. The van der Waals surface area contributed by atoms with Crippen LogP contribution in [0.2, 0.25) is 0 Å². The maximum absolute atomic E-state index is 5.49. The number of nitrogens with zero attached hydrogens (tertiary/aromatic N) is 1. The molecule has 0 bridgehead atoms. The molecule has 0 radical (unpaired) electrons. The fraction of sp³-hybridized carbons (Fsp3) is 0.462. The van der Waals surface area contributed by atoms with Crippen molar-refractivity contribution in [3.8, 4) is 0 Å². The minimum Gasteiger partial charge on any atom is -0.378 e. The number of H-pyrrole nitrogens is 1. The van der Waals surface area contributed by atoms with Crippen molar-refractivity contribution in [2.45, 2.75) is 19.4 Å². The molecule has 4 heteroatoms. The first kappa shape index (κ1) is 10.7. The Bertz CT molecular complexity index is 514. The zero-order chi connectivity index (χ0) is 11.7. The van der Waals surface area contributed by atoms with Gasteiger partial charge in [-0.2, -0.15) is 0 Å². The lowest BCUT2D eigenvalue weighted by Gasteiger charge is -2.24. The monoisotopic (exact) mass is 231 g/mol. The highest BCUT2D eigenvalue weighted by Gasteiger charge is 2.15. The summed E-state index contributed by atoms with van der Waals surface area (Å²) in [6, 6.07) is 6.70. The number of benzene rings is 1. The Labute approximate surface area is 100 Å². The van der Waals surface area contributed by atoms with Crippen LogP contribution in [0.15, 0.2) is 18.2 Å². The molecule has 1 aliphatic heterocycles. The minimum absolute atomic E-state index is 0.307. The standard InChI is InChI=1S/C13H17N3O/c1-2-13-15-10-4-3-9(7-11(10)16-13)12-8-17-6-5-14-12/h3-4,7,12,14H,2,5-6,8H2,1H3,(H,15,16). The second kappa shape index (κ2) is 4.47. The molecule has 2 heterocycles. The number of hydrogen-bond acceptors (Lipinski definition) is 3. The summed E-state index contributed by atoms with van der Waals surface area (Å²) in [7, 11) is 0. The van der Waals surface area contributed by atoms with Gasteiger partial charge in [0.1, 0.15) is 5.82 Å². The topological polar surface area (TPSA) is 49.9 Å². The van der Waals surface area contributed by atoms with Crippen molar-refractivity contribution < 1.29 is 4.74 Å². The Hall–Kier alpha value is -1.39. The summed E-state index contributed by atoms with van der Waals surface area (Å²) in [5.74, 6) is 1.05. The lowest BCUT2D eigenvalue weighted by molar-refractivity contribution is 0.0769. The predicted molar refractivity (Wildman–Crippen MR) is 67.0 cm³/mol. The summed E-state index contributed by atoms with van der Waals surface area (Å²) in [5.41, 5.74) is 3.43. The maximum atomic E-state index is 5.49. The highest BCUT2D eigenvalue weighted by atomic mass is 16.5. The summed E-state index contributed by atoms with van der Waals surface area (Å²) >= 11 is 0. The fourth-order valence-electron chi connectivity index (χ4n) is 2.24. The van der Waals surface area contributed by atoms with Gasteiger partial charge < -0.3 is 15.0 Å². The van der Waals surface area contributed by atoms with E-state index < -0.39 is 0 Å². The molecule has 1 aliphatic rings. The van der Waals surface area contributed by atoms with Crippen molar-refractivity contribution in [2.75, 3.05) is 19.8 Å². The van der Waals surface area contributed by atoms with Crippen molar-refractivity contribution in [1.29, 1.82) is 0 Å². The number of aryl methyl sites for hydroxylation is 1. The number of nitrogens with one attached hydrogen (secondary N) is 2. The Balaban J connectivity index is 1.94. The quantitative estimate of drug-likeness (QED) is 0.828. The molecule has 0 amide bonds. The van der Waals surface area contributed by atoms with Crippen LogP contribution in [-0.2, 0) is 11.2 Å². The van der Waals surface area contributed by atoms with E-state index in [1.807, 2.05) is 0 Å². The van der Waals surface area contributed by atoms with E-state index in [0.717, 1.165) is 43.0 Å². The Morgan fingerprint density at radius 1 is 1.47 bits per heavy atom. The average molecular weight is 231 g/mol. The van der Waals surface area contributed by atoms with Crippen LogP contribution in [0.1, 0.15) is 24.4 Å². The molecule has 1 atom stereocenters. The van der Waals surface area contributed by atoms with E-state index in [9.17, 15) is 0 Å². The van der Waals surface area contributed by atoms with Gasteiger partial charge in [-0.15, -0.1) is 0 Å². The molecule has 1 aromatic carbocycles. The van der Waals surface area contributed by atoms with Crippen LogP contribution in [-0.4, -0.2) is 29.7 Å². The molecule has 1 saturated heterocycles. The van der Waals surface area contributed by atoms with Gasteiger partial charge in [0.2, 0.25) is 0 Å². The third-order valence-corrected chi connectivity index (χ3v) is 3.21. The molecular weight excluding hydrogens is 214 g/mol. The van der Waals surface area contributed by atoms with Crippen molar-refractivity contribution in [3.05, 3.63) is 29.6 Å². The summed E-state index contributed by atoms with van der Waals surface area (Å²) < 4.78 is 5.49. The van der Waals surface area contributed by atoms with Crippen LogP contribution in [0.25, 0.3) is 11.0 Å². The second-order valence-electron chi connectivity index (χ2n) is 4.40. The molecule has 1 unspecified atom stereocenters. The molecule has 1 fully saturated rings. The van der Waals surface area contributed by atoms with E-state index in [2.05, 4.69) is 40.4 Å². The number of hydrogen-bond donors (Lipinski definition) is 2. The van der Waals surface area contributed by atoms with Crippen LogP contribution in [0.3, 0.4) is 0 Å². The molecule has 3 rings (SSSR count). The third kappa shape index (κ3) is 2.06. The molecule has 2 aromatic rings. The third-order valence-electron chi connectivity index (χ3n) is 3.21. The lowest BCUT2D eigenvalue weighted by Crippen LogP contribution is -2.34. The number of aromatic amines is 1. The number of imidazole rings is 1. The van der Waals surface area contributed by atoms with Crippen LogP contribution in [0, 0.1) is 0 Å². The predicted octanol–water partition coefficient (Wildman–Crippen LogP) is 1.79. The summed E-state index contributed by atoms with van der Waals surface area (Å²) in [6.07, 6.45) is 0.939. The molecule has 4 nitrogen and oxygen atoms in total. The van der Waals surface area contributed by atoms with Gasteiger partial charge in [-0.3, -0.25) is 0 Å². The van der Waals surface area contributed by atoms with E-state index in [4.69, 9.17) is 4.74 Å². The van der Waals surface area contributed by atoms with Crippen LogP contribution < -0.4 is 5.32 Å². The zero-order valence-electron chi connectivity index (χ0n) is 9.99. The van der Waals surface area contributed by atoms with Crippen molar-refractivity contribution >= 4 is 11.0 Å². The Morgan fingerprint density at radius 3 is 3.18 bits per heavy atom. The molecule has 0 spiro atoms. The fourth-order valence-corrected chi connectivity index (χ4v) is 2.24. The van der Waals surface area contributed by atoms with Crippen molar-refractivity contribution in [3.63, 3.8) is 0 Å². The summed E-state index contributed by atoms with van der Waals surface area (Å²) in [4.78, 5) is 7.86. The molecule has 17 heavy (non-hydrogen) atoms. The van der Waals surface area contributed by atoms with E-state index in [1.54, 1.807) is 0 Å². The minimum atomic E-state index is 0.307. The van der Waals surface area contributed by atoms with Crippen LogP contribution in [0.5, 0.6) is 0 Å². The normalized spacial score (nSPS) is 20.9. The molecule has 2 N–H and O–H groups in total. The number of rotatable bonds is 2. The number of ether oxygens (including phenoxy) is 1. The van der Waals surface area contributed by atoms with Gasteiger partial charge in [-0.1, -0.05) is 13.0 Å². The Morgan fingerprint density at radius 2 is 2.41 bits per heavy atom. The van der Waals surface area contributed by atoms with Crippen LogP contribution in [0.4, 0.5) is 0 Å². The first-order valence-corrected chi connectivity index (χ1v) is 6.16. The highest BCUT2D eigenvalue weighted by Crippen LogP contribution is 2.20. The van der Waals surface area contributed by atoms with Crippen molar-refractivity contribution in [1.82, 2.24) is 15.3 Å². The van der Waals surface area contributed by atoms with E-state index >= 15 is 0 Å². The maximum Gasteiger partial charge on any atom is 0.106 e. The summed E-state index contributed by atoms with van der Waals surface area (Å²) in [6.45, 7) is 4.59. The van der Waals surface area contributed by atoms with Gasteiger partial charge >= 0.3 is 0 Å². The highest BCUT2D eigenvalue weighted by molar-refractivity contribution is 5.76. The zero-order valence-corrected chi connectivity index (χ0v) is 9.99. The molecule has 0 aliphatic carbocycles. The van der Waals surface area contributed by atoms with Gasteiger partial charge in [0.25, 0.3) is 0 Å². The lowest BCUT2D eigenvalue weighted by atomic mass is 10.1. The summed E-state index contributed by atoms with van der Waals surface area (Å²) in [5, 5.41) is 3.46. The first-order chi connectivity index (χ1) is 8.36. The largest absolute Gasteiger partial charge is 0.378 e. The van der Waals surface area contributed by atoms with Crippen LogP contribution >= 0.6 is 0 Å². The van der Waals surface area contributed by atoms with Gasteiger partial charge in [0.15, 0.2) is 0 Å². The Kier molecular flexibility index (Phi) is 2.82. The first-order valence-electron chi connectivity index (χ1n) is 6.16.